The fourth-order valence-corrected chi connectivity index (χ4v) is 4.91. The third-order valence-corrected chi connectivity index (χ3v) is 6.76. The van der Waals surface area contributed by atoms with Crippen LogP contribution in [-0.4, -0.2) is 27.9 Å². The predicted molar refractivity (Wildman–Crippen MR) is 112 cm³/mol. The highest BCUT2D eigenvalue weighted by Gasteiger charge is 2.18. The number of hydrogen-bond acceptors (Lipinski definition) is 7. The zero-order valence-corrected chi connectivity index (χ0v) is 17.4. The van der Waals surface area contributed by atoms with Crippen LogP contribution in [0.2, 0.25) is 5.02 Å². The first-order valence-corrected chi connectivity index (χ1v) is 11.0. The Balaban J connectivity index is 1.48. The number of benzene rings is 1. The first-order valence-electron chi connectivity index (χ1n) is 8.03. The summed E-state index contributed by atoms with van der Waals surface area (Å²) in [4.78, 5) is 13.6. The SMILES string of the molecule is CC(Sc1nnc(NCCc2cccs2)s1)C(=O)Nc1ccc(F)c(Cl)c1. The molecule has 0 aliphatic carbocycles. The average molecular weight is 443 g/mol. The molecule has 27 heavy (non-hydrogen) atoms. The third-order valence-electron chi connectivity index (χ3n) is 3.47. The van der Waals surface area contributed by atoms with Gasteiger partial charge in [0.05, 0.1) is 10.3 Å². The monoisotopic (exact) mass is 442 g/mol. The van der Waals surface area contributed by atoms with Crippen molar-refractivity contribution < 1.29 is 9.18 Å². The van der Waals surface area contributed by atoms with E-state index in [0.29, 0.717) is 10.0 Å². The molecule has 1 amide bonds. The molecule has 2 aromatic heterocycles. The zero-order chi connectivity index (χ0) is 19.2. The summed E-state index contributed by atoms with van der Waals surface area (Å²) in [6.45, 7) is 2.55. The number of thiophene rings is 1. The Morgan fingerprint density at radius 1 is 1.37 bits per heavy atom. The molecule has 0 aliphatic rings. The highest BCUT2D eigenvalue weighted by atomic mass is 35.5. The van der Waals surface area contributed by atoms with Gasteiger partial charge in [-0.15, -0.1) is 21.5 Å². The molecule has 0 saturated carbocycles. The fraction of sp³-hybridized carbons (Fsp3) is 0.235. The third kappa shape index (κ3) is 5.90. The van der Waals surface area contributed by atoms with Crippen LogP contribution in [0.25, 0.3) is 0 Å². The molecule has 10 heteroatoms. The van der Waals surface area contributed by atoms with Crippen LogP contribution in [0.4, 0.5) is 15.2 Å². The molecular weight excluding hydrogens is 427 g/mol. The number of thioether (sulfide) groups is 1. The number of carbonyl (C=O) groups excluding carboxylic acids is 1. The molecule has 1 atom stereocenters. The lowest BCUT2D eigenvalue weighted by atomic mass is 10.3. The van der Waals surface area contributed by atoms with Crippen LogP contribution in [0.1, 0.15) is 11.8 Å². The summed E-state index contributed by atoms with van der Waals surface area (Å²) in [7, 11) is 0. The van der Waals surface area contributed by atoms with E-state index in [-0.39, 0.29) is 16.2 Å². The van der Waals surface area contributed by atoms with Crippen molar-refractivity contribution in [2.75, 3.05) is 17.2 Å². The molecule has 2 N–H and O–H groups in total. The standard InChI is InChI=1S/C17H16ClFN4OS3/c1-10(15(24)21-11-4-5-14(19)13(18)9-11)26-17-23-22-16(27-17)20-7-6-12-3-2-8-25-12/h2-5,8-10H,6-7H2,1H3,(H,20,22)(H,21,24). The van der Waals surface area contributed by atoms with Gasteiger partial charge in [-0.05, 0) is 43.0 Å². The van der Waals surface area contributed by atoms with Crippen molar-refractivity contribution in [3.05, 3.63) is 51.4 Å². The van der Waals surface area contributed by atoms with Gasteiger partial charge in [0.2, 0.25) is 11.0 Å². The molecule has 3 rings (SSSR count). The maximum Gasteiger partial charge on any atom is 0.237 e. The molecule has 0 saturated heterocycles. The highest BCUT2D eigenvalue weighted by molar-refractivity contribution is 8.02. The van der Waals surface area contributed by atoms with Crippen molar-refractivity contribution in [1.82, 2.24) is 10.2 Å². The minimum absolute atomic E-state index is 0.0319. The lowest BCUT2D eigenvalue weighted by Gasteiger charge is -2.10. The number of anilines is 2. The quantitative estimate of drug-likeness (QED) is 0.471. The number of aromatic nitrogens is 2. The van der Waals surface area contributed by atoms with E-state index in [4.69, 9.17) is 11.6 Å². The van der Waals surface area contributed by atoms with Crippen LogP contribution in [0, 0.1) is 5.82 Å². The Morgan fingerprint density at radius 3 is 2.96 bits per heavy atom. The fourth-order valence-electron chi connectivity index (χ4n) is 2.10. The van der Waals surface area contributed by atoms with Gasteiger partial charge in [0, 0.05) is 17.1 Å². The number of nitrogens with one attached hydrogen (secondary N) is 2. The molecule has 142 valence electrons. The average Bonchev–Trinajstić information content (AvgIpc) is 3.30. The van der Waals surface area contributed by atoms with E-state index in [1.165, 1.54) is 46.2 Å². The molecule has 0 fully saturated rings. The smallest absolute Gasteiger partial charge is 0.237 e. The maximum absolute atomic E-state index is 13.2. The van der Waals surface area contributed by atoms with Crippen molar-refractivity contribution in [3.63, 3.8) is 0 Å². The molecule has 3 aromatic rings. The van der Waals surface area contributed by atoms with E-state index < -0.39 is 5.82 Å². The van der Waals surface area contributed by atoms with Crippen LogP contribution in [0.5, 0.6) is 0 Å². The Bertz CT molecular complexity index is 903. The minimum atomic E-state index is -0.523. The minimum Gasteiger partial charge on any atom is -0.360 e. The molecule has 0 aliphatic heterocycles. The number of carbonyl (C=O) groups is 1. The van der Waals surface area contributed by atoms with Gasteiger partial charge < -0.3 is 10.6 Å². The second-order valence-electron chi connectivity index (χ2n) is 5.51. The lowest BCUT2D eigenvalue weighted by Crippen LogP contribution is -2.22. The van der Waals surface area contributed by atoms with Crippen molar-refractivity contribution in [2.45, 2.75) is 22.9 Å². The van der Waals surface area contributed by atoms with Gasteiger partial charge in [0.25, 0.3) is 0 Å². The number of rotatable bonds is 8. The van der Waals surface area contributed by atoms with Crippen molar-refractivity contribution in [1.29, 1.82) is 0 Å². The van der Waals surface area contributed by atoms with E-state index in [9.17, 15) is 9.18 Å². The maximum atomic E-state index is 13.2. The summed E-state index contributed by atoms with van der Waals surface area (Å²) in [5.74, 6) is -0.741. The molecule has 2 heterocycles. The number of hydrogen-bond donors (Lipinski definition) is 2. The van der Waals surface area contributed by atoms with Crippen LogP contribution in [0.15, 0.2) is 40.1 Å². The summed E-state index contributed by atoms with van der Waals surface area (Å²) >= 11 is 10.2. The van der Waals surface area contributed by atoms with E-state index in [2.05, 4.69) is 32.3 Å². The summed E-state index contributed by atoms with van der Waals surface area (Å²) in [6.07, 6.45) is 0.929. The molecule has 0 spiro atoms. The summed E-state index contributed by atoms with van der Waals surface area (Å²) < 4.78 is 13.9. The van der Waals surface area contributed by atoms with Gasteiger partial charge in [-0.2, -0.15) is 0 Å². The summed E-state index contributed by atoms with van der Waals surface area (Å²) in [5.41, 5.74) is 0.451. The van der Waals surface area contributed by atoms with Gasteiger partial charge in [-0.3, -0.25) is 4.79 Å². The highest BCUT2D eigenvalue weighted by Crippen LogP contribution is 2.29. The van der Waals surface area contributed by atoms with Crippen LogP contribution in [0.3, 0.4) is 0 Å². The van der Waals surface area contributed by atoms with Crippen LogP contribution < -0.4 is 10.6 Å². The number of amides is 1. The molecule has 0 radical (unpaired) electrons. The number of nitrogens with zero attached hydrogens (tertiary/aromatic N) is 2. The zero-order valence-electron chi connectivity index (χ0n) is 14.2. The topological polar surface area (TPSA) is 66.9 Å². The molecule has 0 bridgehead atoms. The van der Waals surface area contributed by atoms with Gasteiger partial charge in [0.15, 0.2) is 4.34 Å². The van der Waals surface area contributed by atoms with E-state index in [1.54, 1.807) is 18.3 Å². The van der Waals surface area contributed by atoms with Crippen LogP contribution in [-0.2, 0) is 11.2 Å². The van der Waals surface area contributed by atoms with Crippen molar-refractivity contribution in [2.24, 2.45) is 0 Å². The second-order valence-corrected chi connectivity index (χ2v) is 9.51. The Hall–Kier alpha value is -1.68. The lowest BCUT2D eigenvalue weighted by molar-refractivity contribution is -0.115. The molecular formula is C17H16ClFN4OS3. The Labute approximate surface area is 173 Å². The molecule has 1 unspecified atom stereocenters. The van der Waals surface area contributed by atoms with Gasteiger partial charge in [-0.1, -0.05) is 40.8 Å². The largest absolute Gasteiger partial charge is 0.360 e. The number of halogens is 2. The first-order chi connectivity index (χ1) is 13.0. The van der Waals surface area contributed by atoms with Crippen molar-refractivity contribution in [3.8, 4) is 0 Å². The molecule has 5 nitrogen and oxygen atoms in total. The van der Waals surface area contributed by atoms with Crippen LogP contribution >= 0.6 is 46.0 Å². The predicted octanol–water partition coefficient (Wildman–Crippen LogP) is 5.17. The van der Waals surface area contributed by atoms with Gasteiger partial charge >= 0.3 is 0 Å². The molecule has 1 aromatic carbocycles. The normalized spacial score (nSPS) is 12.0. The van der Waals surface area contributed by atoms with E-state index in [1.807, 2.05) is 6.07 Å². The second kappa shape index (κ2) is 9.50. The van der Waals surface area contributed by atoms with E-state index >= 15 is 0 Å². The first kappa shape index (κ1) is 20.1. The van der Waals surface area contributed by atoms with Gasteiger partial charge in [0.1, 0.15) is 5.82 Å². The van der Waals surface area contributed by atoms with Crippen molar-refractivity contribution >= 4 is 62.8 Å². The van der Waals surface area contributed by atoms with E-state index in [0.717, 1.165) is 18.1 Å². The Kier molecular flexibility index (Phi) is 7.06. The Morgan fingerprint density at radius 2 is 2.22 bits per heavy atom. The summed E-state index contributed by atoms with van der Waals surface area (Å²) in [5, 5.41) is 16.5. The van der Waals surface area contributed by atoms with Gasteiger partial charge in [-0.25, -0.2) is 4.39 Å². The summed E-state index contributed by atoms with van der Waals surface area (Å²) in [6, 6.07) is 8.20.